The summed E-state index contributed by atoms with van der Waals surface area (Å²) in [5, 5.41) is 3.13. The summed E-state index contributed by atoms with van der Waals surface area (Å²) < 4.78 is 5.49. The third kappa shape index (κ3) is 11.5. The number of nitrogens with zero attached hydrogens (tertiary/aromatic N) is 1. The smallest absolute Gasteiger partial charge is 0.188 e. The van der Waals surface area contributed by atoms with Crippen molar-refractivity contribution >= 4 is 29.9 Å². The number of aliphatic imine (C=N–C) groups is 1. The first kappa shape index (κ1) is 20.2. The highest BCUT2D eigenvalue weighted by Crippen LogP contribution is 1.98. The Kier molecular flexibility index (Phi) is 12.4. The van der Waals surface area contributed by atoms with E-state index in [-0.39, 0.29) is 24.0 Å². The van der Waals surface area contributed by atoms with Gasteiger partial charge in [0.1, 0.15) is 0 Å². The van der Waals surface area contributed by atoms with Crippen LogP contribution in [0.3, 0.4) is 0 Å². The van der Waals surface area contributed by atoms with Gasteiger partial charge >= 0.3 is 0 Å². The first-order chi connectivity index (χ1) is 9.68. The highest BCUT2D eigenvalue weighted by atomic mass is 127. The molecule has 0 amide bonds. The molecule has 0 fully saturated rings. The summed E-state index contributed by atoms with van der Waals surface area (Å²) in [5.41, 5.74) is 7.10. The van der Waals surface area contributed by atoms with Gasteiger partial charge in [0.2, 0.25) is 0 Å². The number of hydrogen-bond acceptors (Lipinski definition) is 2. The molecule has 1 aromatic carbocycles. The number of nitrogens with two attached hydrogens (primary N) is 1. The van der Waals surface area contributed by atoms with Gasteiger partial charge in [-0.1, -0.05) is 44.2 Å². The minimum absolute atomic E-state index is 0. The van der Waals surface area contributed by atoms with Crippen LogP contribution in [0.2, 0.25) is 0 Å². The van der Waals surface area contributed by atoms with Gasteiger partial charge in [0.25, 0.3) is 0 Å². The van der Waals surface area contributed by atoms with E-state index in [1.807, 2.05) is 18.2 Å². The molecule has 0 atom stereocenters. The molecule has 0 saturated carbocycles. The van der Waals surface area contributed by atoms with Crippen molar-refractivity contribution in [3.63, 3.8) is 0 Å². The molecule has 0 bridgehead atoms. The Labute approximate surface area is 145 Å². The summed E-state index contributed by atoms with van der Waals surface area (Å²) in [6, 6.07) is 10.3. The Balaban J connectivity index is 0.00000400. The number of halogens is 1. The second kappa shape index (κ2) is 12.9. The Morgan fingerprint density at radius 2 is 2.00 bits per heavy atom. The molecule has 4 nitrogen and oxygen atoms in total. The van der Waals surface area contributed by atoms with E-state index < -0.39 is 0 Å². The first-order valence-corrected chi connectivity index (χ1v) is 7.34. The molecule has 0 saturated heterocycles. The molecule has 0 aromatic heterocycles. The van der Waals surface area contributed by atoms with Crippen molar-refractivity contribution in [1.82, 2.24) is 5.32 Å². The number of ether oxygens (including phenoxy) is 1. The molecule has 1 rings (SSSR count). The van der Waals surface area contributed by atoms with E-state index >= 15 is 0 Å². The van der Waals surface area contributed by atoms with Gasteiger partial charge < -0.3 is 15.8 Å². The quantitative estimate of drug-likeness (QED) is 0.288. The maximum absolute atomic E-state index is 5.80. The van der Waals surface area contributed by atoms with Gasteiger partial charge in [0.15, 0.2) is 5.96 Å². The van der Waals surface area contributed by atoms with Crippen molar-refractivity contribution in [2.24, 2.45) is 16.6 Å². The Bertz CT molecular complexity index is 382. The van der Waals surface area contributed by atoms with Crippen LogP contribution in [-0.4, -0.2) is 32.3 Å². The third-order valence-electron chi connectivity index (χ3n) is 2.74. The maximum Gasteiger partial charge on any atom is 0.188 e. The van der Waals surface area contributed by atoms with Crippen LogP contribution >= 0.6 is 24.0 Å². The van der Waals surface area contributed by atoms with E-state index in [4.69, 9.17) is 10.5 Å². The number of hydrogen-bond donors (Lipinski definition) is 2. The molecule has 120 valence electrons. The average molecular weight is 405 g/mol. The zero-order chi connectivity index (χ0) is 14.6. The predicted octanol–water partition coefficient (Wildman–Crippen LogP) is 2.81. The first-order valence-electron chi connectivity index (χ1n) is 7.34. The van der Waals surface area contributed by atoms with Crippen molar-refractivity contribution in [1.29, 1.82) is 0 Å². The van der Waals surface area contributed by atoms with Crippen LogP contribution < -0.4 is 11.1 Å². The molecule has 0 aliphatic rings. The third-order valence-corrected chi connectivity index (χ3v) is 2.74. The fourth-order valence-electron chi connectivity index (χ4n) is 1.72. The molecular weight excluding hydrogens is 377 g/mol. The molecule has 21 heavy (non-hydrogen) atoms. The summed E-state index contributed by atoms with van der Waals surface area (Å²) in [7, 11) is 0. The van der Waals surface area contributed by atoms with Gasteiger partial charge in [0, 0.05) is 26.3 Å². The lowest BCUT2D eigenvalue weighted by Gasteiger charge is -2.07. The van der Waals surface area contributed by atoms with Crippen LogP contribution in [0.15, 0.2) is 35.3 Å². The van der Waals surface area contributed by atoms with E-state index in [1.54, 1.807) is 0 Å². The number of rotatable bonds is 9. The van der Waals surface area contributed by atoms with E-state index in [2.05, 4.69) is 36.3 Å². The van der Waals surface area contributed by atoms with Gasteiger partial charge in [-0.2, -0.15) is 0 Å². The average Bonchev–Trinajstić information content (AvgIpc) is 2.43. The lowest BCUT2D eigenvalue weighted by Crippen LogP contribution is -2.33. The SMILES string of the molecule is CC(C)COCCCN=C(N)NCCc1ccccc1.I. The Hall–Kier alpha value is -0.820. The van der Waals surface area contributed by atoms with Crippen molar-refractivity contribution in [2.45, 2.75) is 26.7 Å². The van der Waals surface area contributed by atoms with E-state index in [0.29, 0.717) is 18.4 Å². The molecule has 0 aliphatic heterocycles. The second-order valence-electron chi connectivity index (χ2n) is 5.25. The van der Waals surface area contributed by atoms with Gasteiger partial charge in [0.05, 0.1) is 0 Å². The van der Waals surface area contributed by atoms with Crippen molar-refractivity contribution in [3.8, 4) is 0 Å². The van der Waals surface area contributed by atoms with E-state index in [1.165, 1.54) is 5.56 Å². The molecule has 0 aliphatic carbocycles. The van der Waals surface area contributed by atoms with Crippen LogP contribution in [0.1, 0.15) is 25.8 Å². The fourth-order valence-corrected chi connectivity index (χ4v) is 1.72. The lowest BCUT2D eigenvalue weighted by atomic mass is 10.1. The Morgan fingerprint density at radius 1 is 1.29 bits per heavy atom. The highest BCUT2D eigenvalue weighted by molar-refractivity contribution is 14.0. The van der Waals surface area contributed by atoms with Crippen LogP contribution in [0.25, 0.3) is 0 Å². The number of nitrogens with one attached hydrogen (secondary N) is 1. The van der Waals surface area contributed by atoms with Gasteiger partial charge in [-0.15, -0.1) is 24.0 Å². The van der Waals surface area contributed by atoms with Crippen molar-refractivity contribution in [2.75, 3.05) is 26.3 Å². The zero-order valence-electron chi connectivity index (χ0n) is 13.0. The molecular formula is C16H28IN3O. The summed E-state index contributed by atoms with van der Waals surface area (Å²) in [6.07, 6.45) is 1.86. The summed E-state index contributed by atoms with van der Waals surface area (Å²) >= 11 is 0. The van der Waals surface area contributed by atoms with Crippen LogP contribution in [0, 0.1) is 5.92 Å². The number of guanidine groups is 1. The molecule has 0 radical (unpaired) electrons. The van der Waals surface area contributed by atoms with Gasteiger partial charge in [-0.3, -0.25) is 4.99 Å². The van der Waals surface area contributed by atoms with Gasteiger partial charge in [-0.05, 0) is 24.3 Å². The molecule has 0 heterocycles. The molecule has 0 unspecified atom stereocenters. The minimum atomic E-state index is 0. The largest absolute Gasteiger partial charge is 0.381 e. The molecule has 3 N–H and O–H groups in total. The van der Waals surface area contributed by atoms with Crippen LogP contribution in [0.5, 0.6) is 0 Å². The predicted molar refractivity (Wildman–Crippen MR) is 100 cm³/mol. The molecule has 1 aromatic rings. The maximum atomic E-state index is 5.80. The van der Waals surface area contributed by atoms with Crippen LogP contribution in [-0.2, 0) is 11.2 Å². The summed E-state index contributed by atoms with van der Waals surface area (Å²) in [6.45, 7) is 7.37. The standard InChI is InChI=1S/C16H27N3O.HI/c1-14(2)13-20-12-6-10-18-16(17)19-11-9-15-7-4-3-5-8-15;/h3-5,7-8,14H,6,9-13H2,1-2H3,(H3,17,18,19);1H. The van der Waals surface area contributed by atoms with Crippen molar-refractivity contribution < 1.29 is 4.74 Å². The Morgan fingerprint density at radius 3 is 2.67 bits per heavy atom. The van der Waals surface area contributed by atoms with Gasteiger partial charge in [-0.25, -0.2) is 0 Å². The monoisotopic (exact) mass is 405 g/mol. The minimum Gasteiger partial charge on any atom is -0.381 e. The van der Waals surface area contributed by atoms with Crippen molar-refractivity contribution in [3.05, 3.63) is 35.9 Å². The topological polar surface area (TPSA) is 59.6 Å². The van der Waals surface area contributed by atoms with Crippen LogP contribution in [0.4, 0.5) is 0 Å². The number of benzene rings is 1. The summed E-state index contributed by atoms with van der Waals surface area (Å²) in [5.74, 6) is 1.10. The lowest BCUT2D eigenvalue weighted by molar-refractivity contribution is 0.109. The van der Waals surface area contributed by atoms with E-state index in [0.717, 1.165) is 32.6 Å². The molecule has 5 heteroatoms. The highest BCUT2D eigenvalue weighted by Gasteiger charge is 1.95. The second-order valence-corrected chi connectivity index (χ2v) is 5.25. The molecule has 0 spiro atoms. The fraction of sp³-hybridized carbons (Fsp3) is 0.562. The van der Waals surface area contributed by atoms with E-state index in [9.17, 15) is 0 Å². The zero-order valence-corrected chi connectivity index (χ0v) is 15.4. The normalized spacial score (nSPS) is 11.3. The summed E-state index contributed by atoms with van der Waals surface area (Å²) in [4.78, 5) is 4.28.